The molecule has 1 amide bonds. The lowest BCUT2D eigenvalue weighted by atomic mass is 9.98. The van der Waals surface area contributed by atoms with Gasteiger partial charge < -0.3 is 18.9 Å². The molecule has 6 heteroatoms. The minimum absolute atomic E-state index is 0.125. The quantitative estimate of drug-likeness (QED) is 0.670. The van der Waals surface area contributed by atoms with Crippen LogP contribution in [-0.2, 0) is 13.0 Å². The Bertz CT molecular complexity index is 966. The standard InChI is InChI=1S/C25H34N2O4/c1-5-19-7-6-13-26(15-11-19)24(28)23-18(2)10-14-27(25(23)29)16-12-20-8-9-21(30-3)22(17-20)31-4/h8-10,14,17,19H,5-7,11-13,15-16H2,1-4H3. The molecule has 6 nitrogen and oxygen atoms in total. The normalized spacial score (nSPS) is 16.6. The molecule has 0 bridgehead atoms. The zero-order valence-corrected chi connectivity index (χ0v) is 19.1. The van der Waals surface area contributed by atoms with Gasteiger partial charge in [-0.2, -0.15) is 0 Å². The molecule has 1 aromatic heterocycles. The first kappa shape index (κ1) is 22.9. The fraction of sp³-hybridized carbons (Fsp3) is 0.520. The topological polar surface area (TPSA) is 60.8 Å². The molecular formula is C25H34N2O4. The van der Waals surface area contributed by atoms with Crippen LogP contribution in [0.3, 0.4) is 0 Å². The number of methoxy groups -OCH3 is 2. The number of nitrogens with zero attached hydrogens (tertiary/aromatic N) is 2. The first-order valence-corrected chi connectivity index (χ1v) is 11.2. The molecule has 1 fully saturated rings. The second kappa shape index (κ2) is 10.5. The van der Waals surface area contributed by atoms with Crippen LogP contribution in [0.4, 0.5) is 0 Å². The maximum atomic E-state index is 13.3. The number of benzene rings is 1. The van der Waals surface area contributed by atoms with Gasteiger partial charge in [0.1, 0.15) is 5.56 Å². The fourth-order valence-corrected chi connectivity index (χ4v) is 4.32. The van der Waals surface area contributed by atoms with Crippen LogP contribution in [0.15, 0.2) is 35.3 Å². The smallest absolute Gasteiger partial charge is 0.263 e. The van der Waals surface area contributed by atoms with Gasteiger partial charge >= 0.3 is 0 Å². The fourth-order valence-electron chi connectivity index (χ4n) is 4.32. The van der Waals surface area contributed by atoms with E-state index in [4.69, 9.17) is 9.47 Å². The molecule has 0 saturated carbocycles. The highest BCUT2D eigenvalue weighted by Gasteiger charge is 2.24. The van der Waals surface area contributed by atoms with E-state index in [0.717, 1.165) is 49.9 Å². The molecular weight excluding hydrogens is 392 g/mol. The minimum Gasteiger partial charge on any atom is -0.493 e. The van der Waals surface area contributed by atoms with Crippen LogP contribution in [0.2, 0.25) is 0 Å². The van der Waals surface area contributed by atoms with Crippen LogP contribution in [0.1, 0.15) is 54.1 Å². The molecule has 1 aromatic carbocycles. The highest BCUT2D eigenvalue weighted by atomic mass is 16.5. The Morgan fingerprint density at radius 1 is 1.10 bits per heavy atom. The second-order valence-electron chi connectivity index (χ2n) is 8.31. The van der Waals surface area contributed by atoms with E-state index in [1.54, 1.807) is 25.0 Å². The summed E-state index contributed by atoms with van der Waals surface area (Å²) >= 11 is 0. The van der Waals surface area contributed by atoms with Gasteiger partial charge in [0.2, 0.25) is 0 Å². The molecule has 2 aromatic rings. The Labute approximate surface area is 184 Å². The summed E-state index contributed by atoms with van der Waals surface area (Å²) in [4.78, 5) is 28.3. The predicted octanol–water partition coefficient (Wildman–Crippen LogP) is 4.07. The van der Waals surface area contributed by atoms with E-state index in [0.29, 0.717) is 35.9 Å². The number of carbonyl (C=O) groups is 1. The number of rotatable bonds is 7. The van der Waals surface area contributed by atoms with Crippen LogP contribution in [0.25, 0.3) is 0 Å². The molecule has 31 heavy (non-hydrogen) atoms. The molecule has 1 aliphatic rings. The van der Waals surface area contributed by atoms with Crippen LogP contribution >= 0.6 is 0 Å². The van der Waals surface area contributed by atoms with Crippen molar-refractivity contribution in [3.05, 3.63) is 57.5 Å². The summed E-state index contributed by atoms with van der Waals surface area (Å²) in [7, 11) is 3.21. The third kappa shape index (κ3) is 5.30. The Morgan fingerprint density at radius 2 is 1.87 bits per heavy atom. The van der Waals surface area contributed by atoms with Gasteiger partial charge in [-0.25, -0.2) is 0 Å². The lowest BCUT2D eigenvalue weighted by Gasteiger charge is -2.22. The lowest BCUT2D eigenvalue weighted by molar-refractivity contribution is 0.0756. The zero-order chi connectivity index (χ0) is 22.4. The molecule has 1 atom stereocenters. The van der Waals surface area contributed by atoms with Gasteiger partial charge in [-0.05, 0) is 67.9 Å². The minimum atomic E-state index is -0.207. The van der Waals surface area contributed by atoms with E-state index in [-0.39, 0.29) is 11.5 Å². The maximum Gasteiger partial charge on any atom is 0.263 e. The van der Waals surface area contributed by atoms with Gasteiger partial charge in [0.15, 0.2) is 11.5 Å². The molecule has 1 aliphatic heterocycles. The van der Waals surface area contributed by atoms with E-state index in [1.165, 1.54) is 0 Å². The number of aromatic nitrogens is 1. The van der Waals surface area contributed by atoms with E-state index in [9.17, 15) is 9.59 Å². The highest BCUT2D eigenvalue weighted by molar-refractivity contribution is 5.95. The SMILES string of the molecule is CCC1CCCN(C(=O)c2c(C)ccn(CCc3ccc(OC)c(OC)c3)c2=O)CC1. The third-order valence-electron chi connectivity index (χ3n) is 6.39. The number of likely N-dealkylation sites (tertiary alicyclic amines) is 1. The van der Waals surface area contributed by atoms with Crippen molar-refractivity contribution in [1.29, 1.82) is 0 Å². The van der Waals surface area contributed by atoms with Crippen molar-refractivity contribution in [2.75, 3.05) is 27.3 Å². The summed E-state index contributed by atoms with van der Waals surface area (Å²) in [5.74, 6) is 1.89. The van der Waals surface area contributed by atoms with E-state index >= 15 is 0 Å². The largest absolute Gasteiger partial charge is 0.493 e. The number of pyridine rings is 1. The van der Waals surface area contributed by atoms with Gasteiger partial charge in [-0.3, -0.25) is 9.59 Å². The summed E-state index contributed by atoms with van der Waals surface area (Å²) in [5, 5.41) is 0. The number of aryl methyl sites for hydroxylation is 3. The average molecular weight is 427 g/mol. The zero-order valence-electron chi connectivity index (χ0n) is 19.1. The predicted molar refractivity (Wildman–Crippen MR) is 122 cm³/mol. The average Bonchev–Trinajstić information content (AvgIpc) is 3.04. The van der Waals surface area contributed by atoms with Gasteiger partial charge in [0.25, 0.3) is 11.5 Å². The summed E-state index contributed by atoms with van der Waals surface area (Å²) in [5.41, 5.74) is 1.89. The molecule has 2 heterocycles. The monoisotopic (exact) mass is 426 g/mol. The first-order valence-electron chi connectivity index (χ1n) is 11.2. The van der Waals surface area contributed by atoms with Crippen LogP contribution in [-0.4, -0.2) is 42.7 Å². The second-order valence-corrected chi connectivity index (χ2v) is 8.31. The van der Waals surface area contributed by atoms with Crippen LogP contribution in [0, 0.1) is 12.8 Å². The molecule has 1 unspecified atom stereocenters. The van der Waals surface area contributed by atoms with Gasteiger partial charge in [-0.15, -0.1) is 0 Å². The number of ether oxygens (including phenoxy) is 2. The van der Waals surface area contributed by atoms with Gasteiger partial charge in [-0.1, -0.05) is 19.4 Å². The van der Waals surface area contributed by atoms with Crippen molar-refractivity contribution in [3.63, 3.8) is 0 Å². The summed E-state index contributed by atoms with van der Waals surface area (Å²) in [6.45, 7) is 6.01. The van der Waals surface area contributed by atoms with Crippen LogP contribution in [0.5, 0.6) is 11.5 Å². The van der Waals surface area contributed by atoms with Gasteiger partial charge in [0, 0.05) is 25.8 Å². The van der Waals surface area contributed by atoms with Crippen molar-refractivity contribution >= 4 is 5.91 Å². The first-order chi connectivity index (χ1) is 15.0. The molecule has 0 N–H and O–H groups in total. The van der Waals surface area contributed by atoms with E-state index in [1.807, 2.05) is 36.1 Å². The van der Waals surface area contributed by atoms with Crippen molar-refractivity contribution in [3.8, 4) is 11.5 Å². The Kier molecular flexibility index (Phi) is 7.77. The summed E-state index contributed by atoms with van der Waals surface area (Å²) in [6, 6.07) is 7.62. The summed E-state index contributed by atoms with van der Waals surface area (Å²) < 4.78 is 12.3. The number of carbonyl (C=O) groups excluding carboxylic acids is 1. The van der Waals surface area contributed by atoms with Crippen molar-refractivity contribution in [2.45, 2.75) is 52.5 Å². The maximum absolute atomic E-state index is 13.3. The third-order valence-corrected chi connectivity index (χ3v) is 6.39. The van der Waals surface area contributed by atoms with E-state index in [2.05, 4.69) is 6.92 Å². The lowest BCUT2D eigenvalue weighted by Crippen LogP contribution is -2.38. The van der Waals surface area contributed by atoms with Crippen molar-refractivity contribution < 1.29 is 14.3 Å². The molecule has 168 valence electrons. The van der Waals surface area contributed by atoms with Crippen molar-refractivity contribution in [2.24, 2.45) is 5.92 Å². The highest BCUT2D eigenvalue weighted by Crippen LogP contribution is 2.28. The molecule has 3 rings (SSSR count). The van der Waals surface area contributed by atoms with Crippen molar-refractivity contribution in [1.82, 2.24) is 9.47 Å². The molecule has 0 radical (unpaired) electrons. The number of hydrogen-bond donors (Lipinski definition) is 0. The van der Waals surface area contributed by atoms with Crippen LogP contribution < -0.4 is 15.0 Å². The Hall–Kier alpha value is -2.76. The number of amides is 1. The Balaban J connectivity index is 1.78. The van der Waals surface area contributed by atoms with Gasteiger partial charge in [0.05, 0.1) is 14.2 Å². The number of hydrogen-bond acceptors (Lipinski definition) is 4. The summed E-state index contributed by atoms with van der Waals surface area (Å²) in [6.07, 6.45) is 6.76. The van der Waals surface area contributed by atoms with E-state index < -0.39 is 0 Å². The molecule has 1 saturated heterocycles. The Morgan fingerprint density at radius 3 is 2.58 bits per heavy atom. The molecule has 0 spiro atoms. The molecule has 0 aliphatic carbocycles.